The summed E-state index contributed by atoms with van der Waals surface area (Å²) in [6.07, 6.45) is 4.93. The average Bonchev–Trinajstić information content (AvgIpc) is 3.15. The third-order valence-corrected chi connectivity index (χ3v) is 6.52. The van der Waals surface area contributed by atoms with Gasteiger partial charge >= 0.3 is 0 Å². The van der Waals surface area contributed by atoms with Crippen LogP contribution in [0, 0.1) is 5.82 Å². The molecule has 1 fully saturated rings. The molecular weight excluding hydrogens is 367 g/mol. The Morgan fingerprint density at radius 2 is 1.96 bits per heavy atom. The number of hydrogen-bond donors (Lipinski definition) is 2. The molecule has 3 aromatic rings. The zero-order valence-corrected chi connectivity index (χ0v) is 15.1. The van der Waals surface area contributed by atoms with Crippen LogP contribution in [0.1, 0.15) is 18.4 Å². The number of benzene rings is 2. The summed E-state index contributed by atoms with van der Waals surface area (Å²) in [5.41, 5.74) is 3.35. The predicted octanol–water partition coefficient (Wildman–Crippen LogP) is 2.86. The number of rotatable bonds is 4. The van der Waals surface area contributed by atoms with Crippen molar-refractivity contribution < 1.29 is 12.8 Å². The summed E-state index contributed by atoms with van der Waals surface area (Å²) in [6.45, 7) is 0. The Labute approximate surface area is 156 Å². The van der Waals surface area contributed by atoms with Gasteiger partial charge in [-0.25, -0.2) is 9.37 Å². The number of nitrogens with zero attached hydrogens (tertiary/aromatic N) is 2. The first-order valence-electron chi connectivity index (χ1n) is 8.65. The summed E-state index contributed by atoms with van der Waals surface area (Å²) in [4.78, 5) is 4.26. The molecule has 5 rings (SSSR count). The van der Waals surface area contributed by atoms with Gasteiger partial charge < -0.3 is 4.57 Å². The van der Waals surface area contributed by atoms with Gasteiger partial charge in [-0.15, -0.1) is 0 Å². The number of halogens is 1. The molecule has 1 aromatic heterocycles. The van der Waals surface area contributed by atoms with Crippen molar-refractivity contribution in [2.75, 3.05) is 4.72 Å². The Balaban J connectivity index is 1.35. The molecule has 1 aliphatic heterocycles. The molecular formula is C19H17FN4O2S. The molecule has 27 heavy (non-hydrogen) atoms. The maximum absolute atomic E-state index is 13.3. The first kappa shape index (κ1) is 16.5. The molecule has 0 radical (unpaired) electrons. The van der Waals surface area contributed by atoms with Gasteiger partial charge in [0.15, 0.2) is 0 Å². The fraction of sp³-hybridized carbons (Fsp3) is 0.211. The molecule has 1 aliphatic carbocycles. The normalized spacial score (nSPS) is 22.9. The lowest BCUT2D eigenvalue weighted by Crippen LogP contribution is -2.56. The lowest BCUT2D eigenvalue weighted by atomic mass is 9.69. The standard InChI is InChI=1S/C19H17FN4O2S/c20-13-4-3-5-14(8-13)22-27(25,26)23-15-9-19(10-15)17-7-2-1-6-16(17)18-11-21-12-24(18)19/h1-8,11-12,15,22-23H,9-10H2. The minimum Gasteiger partial charge on any atom is -0.320 e. The monoisotopic (exact) mass is 384 g/mol. The second kappa shape index (κ2) is 5.64. The van der Waals surface area contributed by atoms with E-state index in [4.69, 9.17) is 0 Å². The molecule has 0 saturated heterocycles. The van der Waals surface area contributed by atoms with Crippen LogP contribution in [-0.2, 0) is 15.7 Å². The van der Waals surface area contributed by atoms with E-state index in [0.29, 0.717) is 12.8 Å². The van der Waals surface area contributed by atoms with Crippen molar-refractivity contribution >= 4 is 15.9 Å². The maximum atomic E-state index is 13.3. The van der Waals surface area contributed by atoms with E-state index < -0.39 is 16.0 Å². The molecule has 2 heterocycles. The van der Waals surface area contributed by atoms with E-state index in [2.05, 4.69) is 31.1 Å². The van der Waals surface area contributed by atoms with Gasteiger partial charge in [0.25, 0.3) is 10.2 Å². The average molecular weight is 384 g/mol. The number of anilines is 1. The highest BCUT2D eigenvalue weighted by Gasteiger charge is 2.53. The lowest BCUT2D eigenvalue weighted by molar-refractivity contribution is 0.161. The van der Waals surface area contributed by atoms with E-state index in [0.717, 1.165) is 17.3 Å². The van der Waals surface area contributed by atoms with Crippen LogP contribution in [0.15, 0.2) is 61.1 Å². The highest BCUT2D eigenvalue weighted by atomic mass is 32.2. The van der Waals surface area contributed by atoms with E-state index in [-0.39, 0.29) is 17.3 Å². The first-order chi connectivity index (χ1) is 13.0. The summed E-state index contributed by atoms with van der Waals surface area (Å²) in [6, 6.07) is 13.3. The van der Waals surface area contributed by atoms with Crippen LogP contribution in [0.3, 0.4) is 0 Å². The number of hydrogen-bond acceptors (Lipinski definition) is 3. The van der Waals surface area contributed by atoms with Crippen molar-refractivity contribution in [1.82, 2.24) is 14.3 Å². The van der Waals surface area contributed by atoms with Crippen LogP contribution in [0.4, 0.5) is 10.1 Å². The SMILES string of the molecule is O=S(=O)(Nc1cccc(F)c1)NC1CC2(C1)c1ccccc1-c1cncn12. The zero-order valence-electron chi connectivity index (χ0n) is 14.3. The molecule has 1 spiro atoms. The van der Waals surface area contributed by atoms with Gasteiger partial charge in [0.2, 0.25) is 0 Å². The predicted molar refractivity (Wildman–Crippen MR) is 99.8 cm³/mol. The van der Waals surface area contributed by atoms with Crippen molar-refractivity contribution in [2.45, 2.75) is 24.4 Å². The minimum atomic E-state index is -3.79. The summed E-state index contributed by atoms with van der Waals surface area (Å²) in [7, 11) is -3.79. The fourth-order valence-electron chi connectivity index (χ4n) is 4.29. The highest BCUT2D eigenvalue weighted by molar-refractivity contribution is 7.90. The van der Waals surface area contributed by atoms with Gasteiger partial charge in [-0.1, -0.05) is 30.3 Å². The van der Waals surface area contributed by atoms with Gasteiger partial charge in [-0.3, -0.25) is 4.72 Å². The van der Waals surface area contributed by atoms with Gasteiger partial charge in [0, 0.05) is 11.6 Å². The van der Waals surface area contributed by atoms with Gasteiger partial charge in [0.05, 0.1) is 29.4 Å². The smallest absolute Gasteiger partial charge is 0.299 e. The van der Waals surface area contributed by atoms with E-state index in [1.807, 2.05) is 24.7 Å². The van der Waals surface area contributed by atoms with E-state index >= 15 is 0 Å². The van der Waals surface area contributed by atoms with E-state index in [1.54, 1.807) is 0 Å². The third kappa shape index (κ3) is 2.55. The molecule has 0 amide bonds. The van der Waals surface area contributed by atoms with Crippen LogP contribution in [0.5, 0.6) is 0 Å². The van der Waals surface area contributed by atoms with Gasteiger partial charge in [0.1, 0.15) is 5.82 Å². The Morgan fingerprint density at radius 1 is 1.15 bits per heavy atom. The Hall–Kier alpha value is -2.71. The van der Waals surface area contributed by atoms with Crippen molar-refractivity contribution in [1.29, 1.82) is 0 Å². The van der Waals surface area contributed by atoms with Crippen LogP contribution in [0.25, 0.3) is 11.3 Å². The van der Waals surface area contributed by atoms with Crippen LogP contribution in [-0.4, -0.2) is 24.0 Å². The quantitative estimate of drug-likeness (QED) is 0.726. The second-order valence-corrected chi connectivity index (χ2v) is 8.51. The van der Waals surface area contributed by atoms with E-state index in [9.17, 15) is 12.8 Å². The Morgan fingerprint density at radius 3 is 2.78 bits per heavy atom. The summed E-state index contributed by atoms with van der Waals surface area (Å²) < 4.78 is 45.2. The number of fused-ring (bicyclic) bond motifs is 5. The number of imidazole rings is 1. The van der Waals surface area contributed by atoms with Crippen molar-refractivity contribution in [3.05, 3.63) is 72.4 Å². The number of aromatic nitrogens is 2. The van der Waals surface area contributed by atoms with Crippen LogP contribution >= 0.6 is 0 Å². The Bertz CT molecular complexity index is 1140. The summed E-state index contributed by atoms with van der Waals surface area (Å²) in [5, 5.41) is 0. The molecule has 138 valence electrons. The van der Waals surface area contributed by atoms with E-state index in [1.165, 1.54) is 23.8 Å². The molecule has 8 heteroatoms. The largest absolute Gasteiger partial charge is 0.320 e. The highest BCUT2D eigenvalue weighted by Crippen LogP contribution is 2.54. The van der Waals surface area contributed by atoms with Crippen LogP contribution in [0.2, 0.25) is 0 Å². The summed E-state index contributed by atoms with van der Waals surface area (Å²) in [5.74, 6) is -0.493. The van der Waals surface area contributed by atoms with Gasteiger partial charge in [-0.05, 0) is 36.6 Å². The molecule has 2 aromatic carbocycles. The second-order valence-electron chi connectivity index (χ2n) is 7.06. The third-order valence-electron chi connectivity index (χ3n) is 5.37. The molecule has 2 aliphatic rings. The van der Waals surface area contributed by atoms with Crippen molar-refractivity contribution in [2.24, 2.45) is 0 Å². The zero-order chi connectivity index (χ0) is 18.6. The molecule has 2 N–H and O–H groups in total. The first-order valence-corrected chi connectivity index (χ1v) is 10.1. The maximum Gasteiger partial charge on any atom is 0.299 e. The topological polar surface area (TPSA) is 76.0 Å². The number of nitrogens with one attached hydrogen (secondary N) is 2. The van der Waals surface area contributed by atoms with Crippen LogP contribution < -0.4 is 9.44 Å². The molecule has 0 atom stereocenters. The van der Waals surface area contributed by atoms with Gasteiger partial charge in [-0.2, -0.15) is 13.1 Å². The molecule has 1 saturated carbocycles. The fourth-order valence-corrected chi connectivity index (χ4v) is 5.39. The molecule has 0 bridgehead atoms. The van der Waals surface area contributed by atoms with Crippen molar-refractivity contribution in [3.63, 3.8) is 0 Å². The minimum absolute atomic E-state index is 0.194. The molecule has 0 unspecified atom stereocenters. The molecule has 6 nitrogen and oxygen atoms in total. The summed E-state index contributed by atoms with van der Waals surface area (Å²) >= 11 is 0. The Kier molecular flexibility index (Phi) is 3.44. The van der Waals surface area contributed by atoms with Crippen molar-refractivity contribution in [3.8, 4) is 11.3 Å². The lowest BCUT2D eigenvalue weighted by Gasteiger charge is -2.47.